The molecule has 0 saturated carbocycles. The van der Waals surface area contributed by atoms with Crippen LogP contribution in [0.25, 0.3) is 0 Å². The van der Waals surface area contributed by atoms with E-state index in [-0.39, 0.29) is 24.4 Å². The summed E-state index contributed by atoms with van der Waals surface area (Å²) in [5, 5.41) is 5.63. The molecule has 0 radical (unpaired) electrons. The Morgan fingerprint density at radius 1 is 0.944 bits per heavy atom. The van der Waals surface area contributed by atoms with Crippen LogP contribution in [0, 0.1) is 5.92 Å². The van der Waals surface area contributed by atoms with Gasteiger partial charge in [0.05, 0.1) is 0 Å². The summed E-state index contributed by atoms with van der Waals surface area (Å²) >= 11 is 0. The van der Waals surface area contributed by atoms with Crippen molar-refractivity contribution in [3.05, 3.63) is 35.4 Å². The van der Waals surface area contributed by atoms with Gasteiger partial charge in [-0.2, -0.15) is 0 Å². The predicted octanol–water partition coefficient (Wildman–Crippen LogP) is 5.77. The molecule has 0 aliphatic rings. The van der Waals surface area contributed by atoms with Crippen molar-refractivity contribution >= 4 is 17.9 Å². The lowest BCUT2D eigenvalue weighted by molar-refractivity contribution is -0.142. The molecule has 0 saturated heterocycles. The number of alkyl carbamates (subject to hydrolysis) is 1. The molecule has 0 spiro atoms. The van der Waals surface area contributed by atoms with Gasteiger partial charge in [-0.1, -0.05) is 64.8 Å². The zero-order valence-corrected chi connectivity index (χ0v) is 23.8. The molecular weight excluding hydrogens is 454 g/mol. The van der Waals surface area contributed by atoms with E-state index in [0.29, 0.717) is 12.5 Å². The number of amides is 3. The summed E-state index contributed by atoms with van der Waals surface area (Å²) in [6.07, 6.45) is 4.89. The number of aryl methyl sites for hydroxylation is 1. The SMILES string of the molecule is CCCCCNC(=O)C(c1ccc(CC)cc1)N(C(=O)CNC(=O)OC(C)(C)C)C(C)CCC(C)C. The van der Waals surface area contributed by atoms with E-state index in [2.05, 4.69) is 38.3 Å². The van der Waals surface area contributed by atoms with E-state index in [9.17, 15) is 14.4 Å². The molecule has 0 aliphatic carbocycles. The lowest BCUT2D eigenvalue weighted by Crippen LogP contribution is -2.51. The molecule has 0 bridgehead atoms. The summed E-state index contributed by atoms with van der Waals surface area (Å²) in [4.78, 5) is 41.0. The number of carbonyl (C=O) groups excluding carboxylic acids is 3. The molecule has 204 valence electrons. The number of unbranched alkanes of at least 4 members (excludes halogenated alkanes) is 2. The van der Waals surface area contributed by atoms with E-state index >= 15 is 0 Å². The lowest BCUT2D eigenvalue weighted by Gasteiger charge is -2.37. The van der Waals surface area contributed by atoms with Gasteiger partial charge in [0.15, 0.2) is 0 Å². The molecule has 2 N–H and O–H groups in total. The van der Waals surface area contributed by atoms with Crippen LogP contribution >= 0.6 is 0 Å². The van der Waals surface area contributed by atoms with Gasteiger partial charge >= 0.3 is 6.09 Å². The molecule has 0 heterocycles. The fraction of sp³-hybridized carbons (Fsp3) is 0.690. The van der Waals surface area contributed by atoms with Crippen LogP contribution in [0.4, 0.5) is 4.79 Å². The first-order chi connectivity index (χ1) is 16.9. The molecular formula is C29H49N3O4. The lowest BCUT2D eigenvalue weighted by atomic mass is 9.97. The van der Waals surface area contributed by atoms with Crippen molar-refractivity contribution in [1.82, 2.24) is 15.5 Å². The van der Waals surface area contributed by atoms with Crippen LogP contribution in [-0.4, -0.2) is 47.5 Å². The quantitative estimate of drug-likeness (QED) is 0.315. The van der Waals surface area contributed by atoms with E-state index < -0.39 is 17.7 Å². The zero-order valence-electron chi connectivity index (χ0n) is 23.8. The van der Waals surface area contributed by atoms with Crippen molar-refractivity contribution < 1.29 is 19.1 Å². The molecule has 7 heteroatoms. The van der Waals surface area contributed by atoms with Crippen molar-refractivity contribution in [2.24, 2.45) is 5.92 Å². The summed E-state index contributed by atoms with van der Waals surface area (Å²) in [5.74, 6) is -0.0443. The van der Waals surface area contributed by atoms with Crippen molar-refractivity contribution in [2.45, 2.75) is 112 Å². The van der Waals surface area contributed by atoms with Crippen LogP contribution < -0.4 is 10.6 Å². The maximum absolute atomic E-state index is 13.6. The number of ether oxygens (including phenoxy) is 1. The Bertz CT molecular complexity index is 815. The van der Waals surface area contributed by atoms with Crippen molar-refractivity contribution in [1.29, 1.82) is 0 Å². The number of hydrogen-bond donors (Lipinski definition) is 2. The van der Waals surface area contributed by atoms with Gasteiger partial charge in [-0.3, -0.25) is 9.59 Å². The van der Waals surface area contributed by atoms with Gasteiger partial charge in [0.2, 0.25) is 11.8 Å². The van der Waals surface area contributed by atoms with Gasteiger partial charge in [0.1, 0.15) is 18.2 Å². The van der Waals surface area contributed by atoms with E-state index in [1.165, 1.54) is 0 Å². The highest BCUT2D eigenvalue weighted by molar-refractivity contribution is 5.90. The van der Waals surface area contributed by atoms with E-state index in [4.69, 9.17) is 4.74 Å². The van der Waals surface area contributed by atoms with Gasteiger partial charge in [0, 0.05) is 12.6 Å². The Morgan fingerprint density at radius 3 is 2.11 bits per heavy atom. The number of hydrogen-bond acceptors (Lipinski definition) is 4. The van der Waals surface area contributed by atoms with Crippen molar-refractivity contribution in [2.75, 3.05) is 13.1 Å². The van der Waals surface area contributed by atoms with Crippen LogP contribution in [0.1, 0.15) is 105 Å². The Balaban J connectivity index is 3.29. The Morgan fingerprint density at radius 2 is 1.58 bits per heavy atom. The maximum atomic E-state index is 13.6. The third-order valence-corrected chi connectivity index (χ3v) is 6.02. The molecule has 0 aliphatic heterocycles. The van der Waals surface area contributed by atoms with Crippen LogP contribution in [-0.2, 0) is 20.7 Å². The summed E-state index contributed by atoms with van der Waals surface area (Å²) in [7, 11) is 0. The van der Waals surface area contributed by atoms with Gasteiger partial charge in [0.25, 0.3) is 0 Å². The molecule has 1 rings (SSSR count). The first kappa shape index (κ1) is 31.5. The van der Waals surface area contributed by atoms with Crippen LogP contribution in [0.2, 0.25) is 0 Å². The fourth-order valence-corrected chi connectivity index (χ4v) is 3.97. The summed E-state index contributed by atoms with van der Waals surface area (Å²) in [6.45, 7) is 16.1. The third kappa shape index (κ3) is 11.4. The molecule has 2 atom stereocenters. The van der Waals surface area contributed by atoms with Gasteiger partial charge < -0.3 is 20.3 Å². The number of nitrogens with one attached hydrogen (secondary N) is 2. The fourth-order valence-electron chi connectivity index (χ4n) is 3.97. The Hall–Kier alpha value is -2.57. The molecule has 1 aromatic rings. The number of benzene rings is 1. The van der Waals surface area contributed by atoms with Crippen molar-refractivity contribution in [3.63, 3.8) is 0 Å². The minimum Gasteiger partial charge on any atom is -0.444 e. The first-order valence-electron chi connectivity index (χ1n) is 13.5. The van der Waals surface area contributed by atoms with Gasteiger partial charge in [-0.25, -0.2) is 4.79 Å². The summed E-state index contributed by atoms with van der Waals surface area (Å²) in [5.41, 5.74) is 1.26. The average molecular weight is 504 g/mol. The maximum Gasteiger partial charge on any atom is 0.408 e. The van der Waals surface area contributed by atoms with Crippen molar-refractivity contribution in [3.8, 4) is 0 Å². The largest absolute Gasteiger partial charge is 0.444 e. The minimum absolute atomic E-state index is 0.197. The second-order valence-electron chi connectivity index (χ2n) is 11.0. The van der Waals surface area contributed by atoms with Crippen LogP contribution in [0.15, 0.2) is 24.3 Å². The number of nitrogens with zero attached hydrogens (tertiary/aromatic N) is 1. The molecule has 2 unspecified atom stereocenters. The first-order valence-corrected chi connectivity index (χ1v) is 13.5. The third-order valence-electron chi connectivity index (χ3n) is 6.02. The zero-order chi connectivity index (χ0) is 27.3. The monoisotopic (exact) mass is 503 g/mol. The van der Waals surface area contributed by atoms with E-state index in [1.54, 1.807) is 25.7 Å². The summed E-state index contributed by atoms with van der Waals surface area (Å²) in [6, 6.07) is 6.91. The highest BCUT2D eigenvalue weighted by Gasteiger charge is 2.34. The minimum atomic E-state index is -0.785. The van der Waals surface area contributed by atoms with E-state index in [1.807, 2.05) is 31.2 Å². The summed E-state index contributed by atoms with van der Waals surface area (Å²) < 4.78 is 5.30. The molecule has 3 amide bonds. The molecule has 1 aromatic carbocycles. The van der Waals surface area contributed by atoms with Gasteiger partial charge in [-0.05, 0) is 70.4 Å². The molecule has 0 aromatic heterocycles. The van der Waals surface area contributed by atoms with E-state index in [0.717, 1.165) is 49.7 Å². The molecule has 0 fully saturated rings. The number of carbonyl (C=O) groups is 3. The van der Waals surface area contributed by atoms with Crippen LogP contribution in [0.5, 0.6) is 0 Å². The highest BCUT2D eigenvalue weighted by atomic mass is 16.6. The topological polar surface area (TPSA) is 87.7 Å². The second kappa shape index (κ2) is 15.5. The normalized spacial score (nSPS) is 13.1. The smallest absolute Gasteiger partial charge is 0.408 e. The van der Waals surface area contributed by atoms with Crippen LogP contribution in [0.3, 0.4) is 0 Å². The second-order valence-corrected chi connectivity index (χ2v) is 11.0. The predicted molar refractivity (Wildman–Crippen MR) is 146 cm³/mol. The average Bonchev–Trinajstić information content (AvgIpc) is 2.81. The Labute approximate surface area is 218 Å². The molecule has 36 heavy (non-hydrogen) atoms. The molecule has 7 nitrogen and oxygen atoms in total. The number of rotatable bonds is 14. The Kier molecular flexibility index (Phi) is 13.6. The highest BCUT2D eigenvalue weighted by Crippen LogP contribution is 2.27. The standard InChI is InChI=1S/C29H49N3O4/c1-9-11-12-19-30-27(34)26(24-17-15-23(10-2)16-18-24)32(22(5)14-13-21(3)4)25(33)20-31-28(35)36-29(6,7)8/h15-18,21-22,26H,9-14,19-20H2,1-8H3,(H,30,34)(H,31,35). The van der Waals surface area contributed by atoms with Gasteiger partial charge in [-0.15, -0.1) is 0 Å².